The van der Waals surface area contributed by atoms with Crippen LogP contribution in [-0.2, 0) is 14.8 Å². The molecule has 1 amide bonds. The molecule has 1 saturated heterocycles. The van der Waals surface area contributed by atoms with Gasteiger partial charge < -0.3 is 10.1 Å². The first-order chi connectivity index (χ1) is 13.4. The summed E-state index contributed by atoms with van der Waals surface area (Å²) in [6.07, 6.45) is 1.08. The SMILES string of the molecule is O=C(COc1ccc(Cl)cc1Cl)NC1CCN(S(=O)(=O)c2ccccc2)CC1. The summed E-state index contributed by atoms with van der Waals surface area (Å²) in [5.41, 5.74) is 0. The number of nitrogens with zero attached hydrogens (tertiary/aromatic N) is 1. The summed E-state index contributed by atoms with van der Waals surface area (Å²) in [6.45, 7) is 0.530. The van der Waals surface area contributed by atoms with Crippen LogP contribution in [0, 0.1) is 0 Å². The fourth-order valence-corrected chi connectivity index (χ4v) is 4.94. The van der Waals surface area contributed by atoms with Crippen LogP contribution in [0.4, 0.5) is 0 Å². The number of ether oxygens (including phenoxy) is 1. The monoisotopic (exact) mass is 442 g/mol. The molecule has 28 heavy (non-hydrogen) atoms. The summed E-state index contributed by atoms with van der Waals surface area (Å²) in [5.74, 6) is 0.0976. The second kappa shape index (κ2) is 9.13. The predicted molar refractivity (Wildman–Crippen MR) is 108 cm³/mol. The van der Waals surface area contributed by atoms with Crippen molar-refractivity contribution in [2.75, 3.05) is 19.7 Å². The Labute approximate surface area is 174 Å². The smallest absolute Gasteiger partial charge is 0.258 e. The first kappa shape index (κ1) is 20.9. The standard InChI is InChI=1S/C19H20Cl2N2O4S/c20-14-6-7-18(17(21)12-14)27-13-19(24)22-15-8-10-23(11-9-15)28(25,26)16-4-2-1-3-5-16/h1-7,12,15H,8-11,13H2,(H,22,24). The van der Waals surface area contributed by atoms with Crippen molar-refractivity contribution in [1.82, 2.24) is 9.62 Å². The highest BCUT2D eigenvalue weighted by molar-refractivity contribution is 7.89. The zero-order valence-corrected chi connectivity index (χ0v) is 17.3. The molecule has 0 aromatic heterocycles. The largest absolute Gasteiger partial charge is 0.482 e. The number of benzene rings is 2. The third-order valence-corrected chi connectivity index (χ3v) is 6.90. The third kappa shape index (κ3) is 5.17. The first-order valence-corrected chi connectivity index (χ1v) is 11.0. The molecule has 1 aliphatic heterocycles. The van der Waals surface area contributed by atoms with Gasteiger partial charge in [0.1, 0.15) is 5.75 Å². The summed E-state index contributed by atoms with van der Waals surface area (Å²) in [7, 11) is -3.50. The van der Waals surface area contributed by atoms with E-state index in [9.17, 15) is 13.2 Å². The number of sulfonamides is 1. The summed E-state index contributed by atoms with van der Waals surface area (Å²) >= 11 is 11.8. The normalized spacial score (nSPS) is 15.9. The molecule has 0 unspecified atom stereocenters. The van der Waals surface area contributed by atoms with E-state index in [0.29, 0.717) is 41.7 Å². The molecule has 0 atom stereocenters. The molecule has 9 heteroatoms. The van der Waals surface area contributed by atoms with E-state index in [1.807, 2.05) is 0 Å². The van der Waals surface area contributed by atoms with Crippen LogP contribution in [-0.4, -0.2) is 44.4 Å². The van der Waals surface area contributed by atoms with Gasteiger partial charge in [-0.1, -0.05) is 41.4 Å². The highest BCUT2D eigenvalue weighted by Gasteiger charge is 2.29. The lowest BCUT2D eigenvalue weighted by Gasteiger charge is -2.31. The van der Waals surface area contributed by atoms with Gasteiger partial charge in [-0.05, 0) is 43.2 Å². The quantitative estimate of drug-likeness (QED) is 0.743. The lowest BCUT2D eigenvalue weighted by Crippen LogP contribution is -2.47. The lowest BCUT2D eigenvalue weighted by molar-refractivity contribution is -0.124. The van der Waals surface area contributed by atoms with E-state index in [2.05, 4.69) is 5.32 Å². The molecule has 1 N–H and O–H groups in total. The van der Waals surface area contributed by atoms with Crippen molar-refractivity contribution in [3.05, 3.63) is 58.6 Å². The Balaban J connectivity index is 1.48. The minimum absolute atomic E-state index is 0.0981. The molecule has 0 radical (unpaired) electrons. The zero-order chi connectivity index (χ0) is 20.1. The number of halogens is 2. The Hall–Kier alpha value is -1.80. The maximum absolute atomic E-state index is 12.6. The van der Waals surface area contributed by atoms with Crippen molar-refractivity contribution in [2.24, 2.45) is 0 Å². The van der Waals surface area contributed by atoms with Gasteiger partial charge in [-0.3, -0.25) is 4.79 Å². The van der Waals surface area contributed by atoms with Gasteiger partial charge in [0.2, 0.25) is 10.0 Å². The molecule has 1 heterocycles. The maximum atomic E-state index is 12.6. The molecule has 0 aliphatic carbocycles. The van der Waals surface area contributed by atoms with Gasteiger partial charge in [0.15, 0.2) is 6.61 Å². The molecule has 0 bridgehead atoms. The molecule has 0 spiro atoms. The Bertz CT molecular complexity index is 930. The van der Waals surface area contributed by atoms with Crippen LogP contribution in [0.3, 0.4) is 0 Å². The van der Waals surface area contributed by atoms with Gasteiger partial charge in [-0.25, -0.2) is 8.42 Å². The van der Waals surface area contributed by atoms with Crippen LogP contribution in [0.25, 0.3) is 0 Å². The molecule has 1 aliphatic rings. The van der Waals surface area contributed by atoms with E-state index in [0.717, 1.165) is 0 Å². The Morgan fingerprint density at radius 1 is 1.11 bits per heavy atom. The average molecular weight is 443 g/mol. The Kier molecular flexibility index (Phi) is 6.82. The zero-order valence-electron chi connectivity index (χ0n) is 15.0. The van der Waals surface area contributed by atoms with Crippen LogP contribution in [0.5, 0.6) is 5.75 Å². The number of carbonyl (C=O) groups excluding carboxylic acids is 1. The van der Waals surface area contributed by atoms with Crippen molar-refractivity contribution in [1.29, 1.82) is 0 Å². The first-order valence-electron chi connectivity index (χ1n) is 8.78. The summed E-state index contributed by atoms with van der Waals surface area (Å²) in [6, 6.07) is 13.0. The number of piperidine rings is 1. The summed E-state index contributed by atoms with van der Waals surface area (Å²) < 4.78 is 32.1. The molecule has 3 rings (SSSR count). The number of carbonyl (C=O) groups is 1. The highest BCUT2D eigenvalue weighted by atomic mass is 35.5. The number of nitrogens with one attached hydrogen (secondary N) is 1. The van der Waals surface area contributed by atoms with E-state index in [1.54, 1.807) is 48.5 Å². The maximum Gasteiger partial charge on any atom is 0.258 e. The van der Waals surface area contributed by atoms with Gasteiger partial charge in [0.25, 0.3) is 5.91 Å². The van der Waals surface area contributed by atoms with E-state index >= 15 is 0 Å². The minimum atomic E-state index is -3.50. The highest BCUT2D eigenvalue weighted by Crippen LogP contribution is 2.27. The second-order valence-electron chi connectivity index (χ2n) is 6.42. The van der Waals surface area contributed by atoms with Crippen LogP contribution in [0.15, 0.2) is 53.4 Å². The summed E-state index contributed by atoms with van der Waals surface area (Å²) in [5, 5.41) is 3.70. The third-order valence-electron chi connectivity index (χ3n) is 4.45. The molecule has 2 aromatic rings. The molecule has 6 nitrogen and oxygen atoms in total. The fourth-order valence-electron chi connectivity index (χ4n) is 2.99. The van der Waals surface area contributed by atoms with E-state index in [1.165, 1.54) is 4.31 Å². The topological polar surface area (TPSA) is 75.7 Å². The van der Waals surface area contributed by atoms with E-state index in [4.69, 9.17) is 27.9 Å². The van der Waals surface area contributed by atoms with Gasteiger partial charge >= 0.3 is 0 Å². The molecule has 150 valence electrons. The number of rotatable bonds is 6. The van der Waals surface area contributed by atoms with Gasteiger partial charge in [-0.2, -0.15) is 4.31 Å². The van der Waals surface area contributed by atoms with E-state index < -0.39 is 10.0 Å². The van der Waals surface area contributed by atoms with Crippen LogP contribution >= 0.6 is 23.2 Å². The number of hydrogen-bond donors (Lipinski definition) is 1. The van der Waals surface area contributed by atoms with Crippen molar-refractivity contribution in [3.63, 3.8) is 0 Å². The lowest BCUT2D eigenvalue weighted by atomic mass is 10.1. The van der Waals surface area contributed by atoms with E-state index in [-0.39, 0.29) is 23.5 Å². The minimum Gasteiger partial charge on any atom is -0.482 e. The van der Waals surface area contributed by atoms with Crippen molar-refractivity contribution < 1.29 is 17.9 Å². The van der Waals surface area contributed by atoms with Crippen molar-refractivity contribution >= 4 is 39.1 Å². The number of amides is 1. The predicted octanol–water partition coefficient (Wildman–Crippen LogP) is 3.34. The van der Waals surface area contributed by atoms with Gasteiger partial charge in [0, 0.05) is 24.2 Å². The van der Waals surface area contributed by atoms with Crippen molar-refractivity contribution in [2.45, 2.75) is 23.8 Å². The Morgan fingerprint density at radius 3 is 2.43 bits per heavy atom. The average Bonchev–Trinajstić information content (AvgIpc) is 2.68. The Morgan fingerprint density at radius 2 is 1.79 bits per heavy atom. The second-order valence-corrected chi connectivity index (χ2v) is 9.20. The van der Waals surface area contributed by atoms with Crippen LogP contribution in [0.1, 0.15) is 12.8 Å². The van der Waals surface area contributed by atoms with Crippen LogP contribution < -0.4 is 10.1 Å². The molecule has 2 aromatic carbocycles. The van der Waals surface area contributed by atoms with Gasteiger partial charge in [0.05, 0.1) is 9.92 Å². The summed E-state index contributed by atoms with van der Waals surface area (Å²) in [4.78, 5) is 12.4. The van der Waals surface area contributed by atoms with Gasteiger partial charge in [-0.15, -0.1) is 0 Å². The fraction of sp³-hybridized carbons (Fsp3) is 0.316. The van der Waals surface area contributed by atoms with Crippen LogP contribution in [0.2, 0.25) is 10.0 Å². The van der Waals surface area contributed by atoms with Crippen molar-refractivity contribution in [3.8, 4) is 5.75 Å². The molecule has 0 saturated carbocycles. The molecule has 1 fully saturated rings. The molecular weight excluding hydrogens is 423 g/mol. The molecular formula is C19H20Cl2N2O4S. The number of hydrogen-bond acceptors (Lipinski definition) is 4.